The topological polar surface area (TPSA) is 0 Å². The van der Waals surface area contributed by atoms with Crippen LogP contribution in [0.3, 0.4) is 0 Å². The zero-order chi connectivity index (χ0) is 10.0. The summed E-state index contributed by atoms with van der Waals surface area (Å²) in [6.07, 6.45) is 10.7. The third-order valence-electron chi connectivity index (χ3n) is 6.40. The third kappa shape index (κ3) is 0.750. The predicted octanol–water partition coefficient (Wildman–Crippen LogP) is 4.39. The maximum atomic E-state index is 2.58. The molecule has 0 amide bonds. The van der Waals surface area contributed by atoms with E-state index in [0.717, 1.165) is 22.2 Å². The first kappa shape index (κ1) is 9.24. The van der Waals surface area contributed by atoms with Crippen molar-refractivity contribution < 1.29 is 0 Å². The second-order valence-corrected chi connectivity index (χ2v) is 6.70. The van der Waals surface area contributed by atoms with Crippen molar-refractivity contribution in [2.75, 3.05) is 0 Å². The fourth-order valence-electron chi connectivity index (χ4n) is 5.98. The van der Waals surface area contributed by atoms with Gasteiger partial charge in [0.25, 0.3) is 0 Å². The Morgan fingerprint density at radius 2 is 1.50 bits per heavy atom. The van der Waals surface area contributed by atoms with Crippen molar-refractivity contribution >= 4 is 0 Å². The van der Waals surface area contributed by atoms with Gasteiger partial charge in [-0.15, -0.1) is 0 Å². The van der Waals surface area contributed by atoms with Crippen LogP contribution in [-0.4, -0.2) is 0 Å². The van der Waals surface area contributed by atoms with E-state index in [-0.39, 0.29) is 0 Å². The van der Waals surface area contributed by atoms with Crippen LogP contribution in [0.2, 0.25) is 0 Å². The van der Waals surface area contributed by atoms with Crippen LogP contribution in [0.25, 0.3) is 0 Å². The van der Waals surface area contributed by atoms with E-state index < -0.39 is 0 Å². The smallest absolute Gasteiger partial charge is 0.0246 e. The van der Waals surface area contributed by atoms with Crippen molar-refractivity contribution in [1.82, 2.24) is 0 Å². The Balaban J connectivity index is 2.01. The van der Waals surface area contributed by atoms with E-state index >= 15 is 0 Å². The van der Waals surface area contributed by atoms with Crippen LogP contribution in [0, 0.1) is 22.2 Å². The summed E-state index contributed by atoms with van der Waals surface area (Å²) in [7, 11) is 0. The molecule has 0 radical (unpaired) electrons. The van der Waals surface area contributed by atoms with Gasteiger partial charge < -0.3 is 0 Å². The fourth-order valence-corrected chi connectivity index (χ4v) is 5.98. The van der Waals surface area contributed by atoms with Crippen LogP contribution < -0.4 is 0 Å². The lowest BCUT2D eigenvalue weighted by Crippen LogP contribution is -2.52. The highest BCUT2D eigenvalue weighted by Gasteiger charge is 2.72. The van der Waals surface area contributed by atoms with E-state index in [1.54, 1.807) is 25.7 Å². The Morgan fingerprint density at radius 3 is 2.14 bits per heavy atom. The van der Waals surface area contributed by atoms with E-state index in [1.165, 1.54) is 19.3 Å². The molecule has 80 valence electrons. The summed E-state index contributed by atoms with van der Waals surface area (Å²) in [6, 6.07) is 0. The molecule has 3 rings (SSSR count). The van der Waals surface area contributed by atoms with Crippen LogP contribution >= 0.6 is 0 Å². The van der Waals surface area contributed by atoms with Gasteiger partial charge in [-0.2, -0.15) is 0 Å². The Labute approximate surface area is 88.5 Å². The normalized spacial score (nSPS) is 59.8. The van der Waals surface area contributed by atoms with Crippen LogP contribution in [0.15, 0.2) is 0 Å². The number of hydrogen-bond donors (Lipinski definition) is 0. The second-order valence-electron chi connectivity index (χ2n) is 6.70. The fraction of sp³-hybridized carbons (Fsp3) is 1.00. The number of hydrogen-bond acceptors (Lipinski definition) is 0. The molecule has 0 spiro atoms. The molecule has 0 aromatic carbocycles. The Hall–Kier alpha value is 0. The number of rotatable bonds is 2. The van der Waals surface area contributed by atoms with E-state index in [2.05, 4.69) is 20.8 Å². The molecule has 0 nitrogen and oxygen atoms in total. The van der Waals surface area contributed by atoms with Crippen LogP contribution in [-0.2, 0) is 0 Å². The summed E-state index contributed by atoms with van der Waals surface area (Å²) >= 11 is 0. The SMILES string of the molecule is CCC12CCC3(C)CC(CC)(CC1)C32. The summed E-state index contributed by atoms with van der Waals surface area (Å²) in [5.74, 6) is 1.11. The minimum atomic E-state index is 0.766. The largest absolute Gasteiger partial charge is 0.0648 e. The van der Waals surface area contributed by atoms with E-state index in [4.69, 9.17) is 0 Å². The molecule has 0 bridgehead atoms. The minimum absolute atomic E-state index is 0.766. The molecule has 0 heterocycles. The van der Waals surface area contributed by atoms with Crippen molar-refractivity contribution in [1.29, 1.82) is 0 Å². The zero-order valence-electron chi connectivity index (χ0n) is 10.0. The van der Waals surface area contributed by atoms with Crippen LogP contribution in [0.4, 0.5) is 0 Å². The minimum Gasteiger partial charge on any atom is -0.0648 e. The highest BCUT2D eigenvalue weighted by atomic mass is 14.8. The molecule has 4 unspecified atom stereocenters. The van der Waals surface area contributed by atoms with Gasteiger partial charge in [0.1, 0.15) is 0 Å². The average molecular weight is 192 g/mol. The molecule has 0 N–H and O–H groups in total. The van der Waals surface area contributed by atoms with Gasteiger partial charge in [0, 0.05) is 0 Å². The summed E-state index contributed by atoms with van der Waals surface area (Å²) < 4.78 is 0. The molecule has 3 aliphatic carbocycles. The van der Waals surface area contributed by atoms with Gasteiger partial charge in [-0.25, -0.2) is 0 Å². The van der Waals surface area contributed by atoms with Crippen molar-refractivity contribution in [3.05, 3.63) is 0 Å². The van der Waals surface area contributed by atoms with Crippen molar-refractivity contribution in [3.8, 4) is 0 Å². The maximum absolute atomic E-state index is 2.58. The molecule has 14 heavy (non-hydrogen) atoms. The molecule has 0 saturated heterocycles. The van der Waals surface area contributed by atoms with Gasteiger partial charge >= 0.3 is 0 Å². The lowest BCUT2D eigenvalue weighted by Gasteiger charge is -2.59. The van der Waals surface area contributed by atoms with Gasteiger partial charge in [-0.3, -0.25) is 0 Å². The van der Waals surface area contributed by atoms with Gasteiger partial charge in [-0.05, 0) is 54.3 Å². The molecule has 3 saturated carbocycles. The lowest BCUT2D eigenvalue weighted by atomic mass is 9.45. The van der Waals surface area contributed by atoms with Crippen molar-refractivity contribution in [2.45, 2.75) is 65.7 Å². The quantitative estimate of drug-likeness (QED) is 0.608. The molecule has 4 atom stereocenters. The van der Waals surface area contributed by atoms with E-state index in [1.807, 2.05) is 0 Å². The highest BCUT2D eigenvalue weighted by molar-refractivity contribution is 5.21. The molecule has 0 aromatic rings. The maximum Gasteiger partial charge on any atom is -0.0246 e. The standard InChI is InChI=1S/C14H24/c1-4-13-7-6-12(3)10-14(5-2,9-8-13)11(12)13/h11H,4-10H2,1-3H3. The van der Waals surface area contributed by atoms with E-state index in [9.17, 15) is 0 Å². The van der Waals surface area contributed by atoms with Gasteiger partial charge in [-0.1, -0.05) is 33.6 Å². The third-order valence-corrected chi connectivity index (χ3v) is 6.40. The summed E-state index contributed by atoms with van der Waals surface area (Å²) in [5, 5.41) is 0. The molecule has 0 aromatic heterocycles. The van der Waals surface area contributed by atoms with E-state index in [0.29, 0.717) is 0 Å². The Bertz CT molecular complexity index is 269. The lowest BCUT2D eigenvalue weighted by molar-refractivity contribution is -0.106. The summed E-state index contributed by atoms with van der Waals surface area (Å²) in [6.45, 7) is 7.45. The van der Waals surface area contributed by atoms with Gasteiger partial charge in [0.2, 0.25) is 0 Å². The van der Waals surface area contributed by atoms with Gasteiger partial charge in [0.15, 0.2) is 0 Å². The first-order valence-electron chi connectivity index (χ1n) is 6.61. The monoisotopic (exact) mass is 192 g/mol. The molecular weight excluding hydrogens is 168 g/mol. The Morgan fingerprint density at radius 1 is 0.929 bits per heavy atom. The van der Waals surface area contributed by atoms with Crippen molar-refractivity contribution in [2.24, 2.45) is 22.2 Å². The van der Waals surface area contributed by atoms with Crippen molar-refractivity contribution in [3.63, 3.8) is 0 Å². The average Bonchev–Trinajstić information content (AvgIpc) is 2.57. The zero-order valence-corrected chi connectivity index (χ0v) is 10.0. The summed E-state index contributed by atoms with van der Waals surface area (Å²) in [4.78, 5) is 0. The van der Waals surface area contributed by atoms with Gasteiger partial charge in [0.05, 0.1) is 0 Å². The highest BCUT2D eigenvalue weighted by Crippen LogP contribution is 2.81. The Kier molecular flexibility index (Phi) is 1.58. The molecular formula is C14H24. The molecule has 0 heteroatoms. The predicted molar refractivity (Wildman–Crippen MR) is 60.1 cm³/mol. The van der Waals surface area contributed by atoms with Crippen LogP contribution in [0.1, 0.15) is 65.7 Å². The first-order chi connectivity index (χ1) is 6.61. The molecule has 3 aliphatic rings. The van der Waals surface area contributed by atoms with Crippen LogP contribution in [0.5, 0.6) is 0 Å². The summed E-state index contributed by atoms with van der Waals surface area (Å²) in [5.41, 5.74) is 2.37. The molecule has 3 fully saturated rings. The first-order valence-corrected chi connectivity index (χ1v) is 6.61. The second kappa shape index (κ2) is 2.39. The molecule has 0 aliphatic heterocycles.